The molecule has 2 amide bonds. The van der Waals surface area contributed by atoms with Crippen LogP contribution in [0.5, 0.6) is 0 Å². The maximum atomic E-state index is 14.1. The first kappa shape index (κ1) is 30.5. The molecule has 0 aliphatic carbocycles. The summed E-state index contributed by atoms with van der Waals surface area (Å²) >= 11 is 12.3. The summed E-state index contributed by atoms with van der Waals surface area (Å²) in [5, 5.41) is 3.39. The Morgan fingerprint density at radius 1 is 0.923 bits per heavy atom. The second-order valence-corrected chi connectivity index (χ2v) is 12.5. The van der Waals surface area contributed by atoms with Crippen molar-refractivity contribution in [2.45, 2.75) is 45.8 Å². The van der Waals surface area contributed by atoms with Crippen LogP contribution in [0.25, 0.3) is 0 Å². The highest BCUT2D eigenvalue weighted by atomic mass is 35.5. The Morgan fingerprint density at radius 3 is 2.08 bits per heavy atom. The van der Waals surface area contributed by atoms with Gasteiger partial charge in [-0.2, -0.15) is 0 Å². The van der Waals surface area contributed by atoms with Gasteiger partial charge in [0.2, 0.25) is 21.8 Å². The highest BCUT2D eigenvalue weighted by molar-refractivity contribution is 7.92. The standard InChI is InChI=1S/C29H33Cl2N3O4S/c1-20(2)32-29(36)27(14-22-11-6-5-7-12-22)33(18-23-13-9-8-10-21(23)3)28(35)19-34(39(4,37)38)26-16-24(30)15-25(31)17-26/h5-13,15-17,20,27H,14,18-19H2,1-4H3,(H,32,36). The van der Waals surface area contributed by atoms with Crippen LogP contribution in [-0.2, 0) is 32.6 Å². The second kappa shape index (κ2) is 13.3. The highest BCUT2D eigenvalue weighted by Gasteiger charge is 2.33. The molecule has 0 aliphatic rings. The van der Waals surface area contributed by atoms with Crippen molar-refractivity contribution in [2.75, 3.05) is 17.1 Å². The highest BCUT2D eigenvalue weighted by Crippen LogP contribution is 2.27. The summed E-state index contributed by atoms with van der Waals surface area (Å²) in [5.74, 6) is -0.868. The van der Waals surface area contributed by atoms with E-state index in [-0.39, 0.29) is 40.6 Å². The van der Waals surface area contributed by atoms with Crippen LogP contribution in [0.2, 0.25) is 10.0 Å². The molecule has 0 spiro atoms. The van der Waals surface area contributed by atoms with Crippen LogP contribution < -0.4 is 9.62 Å². The summed E-state index contributed by atoms with van der Waals surface area (Å²) in [6, 6.07) is 20.3. The first-order chi connectivity index (χ1) is 18.3. The first-order valence-corrected chi connectivity index (χ1v) is 15.1. The fraction of sp³-hybridized carbons (Fsp3) is 0.310. The van der Waals surface area contributed by atoms with Gasteiger partial charge in [0, 0.05) is 29.1 Å². The van der Waals surface area contributed by atoms with E-state index in [1.165, 1.54) is 23.1 Å². The van der Waals surface area contributed by atoms with Gasteiger partial charge in [-0.25, -0.2) is 8.42 Å². The molecular formula is C29H33Cl2N3O4S. The van der Waals surface area contributed by atoms with Gasteiger partial charge in [-0.15, -0.1) is 0 Å². The Bertz CT molecular complexity index is 1390. The van der Waals surface area contributed by atoms with Crippen LogP contribution in [0.4, 0.5) is 5.69 Å². The third-order valence-corrected chi connectivity index (χ3v) is 7.70. The molecule has 7 nitrogen and oxygen atoms in total. The lowest BCUT2D eigenvalue weighted by atomic mass is 10.0. The molecule has 0 saturated carbocycles. The van der Waals surface area contributed by atoms with E-state index in [2.05, 4.69) is 5.32 Å². The normalized spacial score (nSPS) is 12.2. The summed E-state index contributed by atoms with van der Waals surface area (Å²) in [5.41, 5.74) is 2.81. The Kier molecular flexibility index (Phi) is 10.4. The molecule has 1 N–H and O–H groups in total. The molecule has 0 fully saturated rings. The van der Waals surface area contributed by atoms with E-state index < -0.39 is 28.5 Å². The van der Waals surface area contributed by atoms with Crippen LogP contribution in [0.1, 0.15) is 30.5 Å². The maximum absolute atomic E-state index is 14.1. The number of hydrogen-bond donors (Lipinski definition) is 1. The molecule has 0 bridgehead atoms. The van der Waals surface area contributed by atoms with E-state index in [4.69, 9.17) is 23.2 Å². The maximum Gasteiger partial charge on any atom is 0.244 e. The van der Waals surface area contributed by atoms with Crippen molar-refractivity contribution >= 4 is 50.7 Å². The summed E-state index contributed by atoms with van der Waals surface area (Å²) in [7, 11) is -3.92. The zero-order valence-electron chi connectivity index (χ0n) is 22.4. The molecule has 0 aromatic heterocycles. The molecule has 1 unspecified atom stereocenters. The van der Waals surface area contributed by atoms with Crippen LogP contribution in [0.3, 0.4) is 0 Å². The molecule has 39 heavy (non-hydrogen) atoms. The summed E-state index contributed by atoms with van der Waals surface area (Å²) in [6.45, 7) is 5.19. The van der Waals surface area contributed by atoms with Gasteiger partial charge in [-0.1, -0.05) is 77.8 Å². The average Bonchev–Trinajstić information content (AvgIpc) is 2.84. The van der Waals surface area contributed by atoms with E-state index in [9.17, 15) is 18.0 Å². The lowest BCUT2D eigenvalue weighted by Crippen LogP contribution is -2.54. The van der Waals surface area contributed by atoms with Crippen LogP contribution in [0.15, 0.2) is 72.8 Å². The minimum Gasteiger partial charge on any atom is -0.352 e. The van der Waals surface area contributed by atoms with Crippen molar-refractivity contribution < 1.29 is 18.0 Å². The largest absolute Gasteiger partial charge is 0.352 e. The number of carbonyl (C=O) groups is 2. The predicted molar refractivity (Wildman–Crippen MR) is 158 cm³/mol. The van der Waals surface area contributed by atoms with Gasteiger partial charge in [0.05, 0.1) is 11.9 Å². The van der Waals surface area contributed by atoms with Crippen molar-refractivity contribution in [2.24, 2.45) is 0 Å². The first-order valence-electron chi connectivity index (χ1n) is 12.5. The van der Waals surface area contributed by atoms with Gasteiger partial charge in [0.25, 0.3) is 0 Å². The topological polar surface area (TPSA) is 86.8 Å². The lowest BCUT2D eigenvalue weighted by Gasteiger charge is -2.34. The van der Waals surface area contributed by atoms with E-state index in [0.717, 1.165) is 27.3 Å². The Labute approximate surface area is 240 Å². The zero-order chi connectivity index (χ0) is 28.7. The Hall–Kier alpha value is -3.07. The molecule has 3 aromatic carbocycles. The molecule has 0 radical (unpaired) electrons. The van der Waals surface area contributed by atoms with E-state index in [0.29, 0.717) is 0 Å². The van der Waals surface area contributed by atoms with Gasteiger partial charge in [0.1, 0.15) is 12.6 Å². The minimum absolute atomic E-state index is 0.114. The zero-order valence-corrected chi connectivity index (χ0v) is 24.7. The van der Waals surface area contributed by atoms with Crippen LogP contribution in [-0.4, -0.2) is 50.0 Å². The third kappa shape index (κ3) is 8.71. The number of rotatable bonds is 11. The fourth-order valence-electron chi connectivity index (χ4n) is 4.20. The molecule has 208 valence electrons. The fourth-order valence-corrected chi connectivity index (χ4v) is 5.55. The van der Waals surface area contributed by atoms with Crippen molar-refractivity contribution in [3.63, 3.8) is 0 Å². The third-order valence-electron chi connectivity index (χ3n) is 6.12. The molecule has 0 heterocycles. The number of hydrogen-bond acceptors (Lipinski definition) is 4. The number of amides is 2. The van der Waals surface area contributed by atoms with Crippen molar-refractivity contribution in [3.8, 4) is 0 Å². The van der Waals surface area contributed by atoms with Gasteiger partial charge in [-0.3, -0.25) is 13.9 Å². The van der Waals surface area contributed by atoms with Gasteiger partial charge >= 0.3 is 0 Å². The molecule has 3 aromatic rings. The van der Waals surface area contributed by atoms with E-state index in [1.807, 2.05) is 75.4 Å². The lowest BCUT2D eigenvalue weighted by molar-refractivity contribution is -0.140. The smallest absolute Gasteiger partial charge is 0.244 e. The number of anilines is 1. The quantitative estimate of drug-likeness (QED) is 0.331. The van der Waals surface area contributed by atoms with Crippen molar-refractivity contribution in [3.05, 3.63) is 99.5 Å². The van der Waals surface area contributed by atoms with E-state index in [1.54, 1.807) is 0 Å². The Morgan fingerprint density at radius 2 is 1.51 bits per heavy atom. The number of aryl methyl sites for hydroxylation is 1. The predicted octanol–water partition coefficient (Wildman–Crippen LogP) is 5.23. The minimum atomic E-state index is -3.92. The van der Waals surface area contributed by atoms with Crippen molar-refractivity contribution in [1.29, 1.82) is 0 Å². The number of benzene rings is 3. The molecule has 1 atom stereocenters. The molecule has 10 heteroatoms. The number of sulfonamides is 1. The van der Waals surface area contributed by atoms with Crippen LogP contribution in [0, 0.1) is 6.92 Å². The SMILES string of the molecule is Cc1ccccc1CN(C(=O)CN(c1cc(Cl)cc(Cl)c1)S(C)(=O)=O)C(Cc1ccccc1)C(=O)NC(C)C. The van der Waals surface area contributed by atoms with Crippen molar-refractivity contribution in [1.82, 2.24) is 10.2 Å². The van der Waals surface area contributed by atoms with E-state index >= 15 is 0 Å². The molecule has 0 aliphatic heterocycles. The number of nitrogens with one attached hydrogen (secondary N) is 1. The summed E-state index contributed by atoms with van der Waals surface area (Å²) < 4.78 is 26.7. The molecule has 0 saturated heterocycles. The van der Waals surface area contributed by atoms with Gasteiger partial charge < -0.3 is 10.2 Å². The molecular weight excluding hydrogens is 557 g/mol. The van der Waals surface area contributed by atoms with Gasteiger partial charge in [0.15, 0.2) is 0 Å². The molecule has 3 rings (SSSR count). The number of halogens is 2. The summed E-state index contributed by atoms with van der Waals surface area (Å²) in [6.07, 6.45) is 1.26. The second-order valence-electron chi connectivity index (χ2n) is 9.71. The number of nitrogens with zero attached hydrogens (tertiary/aromatic N) is 2. The monoisotopic (exact) mass is 589 g/mol. The van der Waals surface area contributed by atoms with Gasteiger partial charge in [-0.05, 0) is 55.7 Å². The van der Waals surface area contributed by atoms with Crippen LogP contribution >= 0.6 is 23.2 Å². The Balaban J connectivity index is 2.08. The number of carbonyl (C=O) groups excluding carboxylic acids is 2. The average molecular weight is 591 g/mol. The summed E-state index contributed by atoms with van der Waals surface area (Å²) in [4.78, 5) is 29.1.